The number of carbonyl (C=O) groups is 2. The molecule has 2 rings (SSSR count). The molecule has 96 valence electrons. The molecule has 5 nitrogen and oxygen atoms in total. The van der Waals surface area contributed by atoms with E-state index in [0.717, 1.165) is 6.07 Å². The van der Waals surface area contributed by atoms with Gasteiger partial charge in [-0.1, -0.05) is 12.1 Å². The first kappa shape index (κ1) is 12.7. The van der Waals surface area contributed by atoms with Gasteiger partial charge in [-0.2, -0.15) is 4.39 Å². The highest BCUT2D eigenvalue weighted by Crippen LogP contribution is 2.11. The average Bonchev–Trinajstić information content (AvgIpc) is 2.39. The zero-order chi connectivity index (χ0) is 13.8. The van der Waals surface area contributed by atoms with Crippen LogP contribution in [-0.2, 0) is 0 Å². The summed E-state index contributed by atoms with van der Waals surface area (Å²) in [6, 6.07) is 10.0. The predicted octanol–water partition coefficient (Wildman–Crippen LogP) is 1.57. The first-order valence-corrected chi connectivity index (χ1v) is 5.40. The molecule has 0 fully saturated rings. The summed E-state index contributed by atoms with van der Waals surface area (Å²) in [6.07, 6.45) is 0. The van der Waals surface area contributed by atoms with Gasteiger partial charge in [-0.15, -0.1) is 0 Å². The van der Waals surface area contributed by atoms with Gasteiger partial charge < -0.3 is 11.1 Å². The molecule has 0 aliphatic heterocycles. The second-order valence-electron chi connectivity index (χ2n) is 3.74. The lowest BCUT2D eigenvalue weighted by atomic mass is 10.2. The fourth-order valence-corrected chi connectivity index (χ4v) is 1.48. The summed E-state index contributed by atoms with van der Waals surface area (Å²) in [7, 11) is 0. The summed E-state index contributed by atoms with van der Waals surface area (Å²) in [5, 5.41) is 2.50. The number of halogens is 1. The van der Waals surface area contributed by atoms with E-state index in [1.807, 2.05) is 0 Å². The molecule has 19 heavy (non-hydrogen) atoms. The molecule has 3 N–H and O–H groups in total. The van der Waals surface area contributed by atoms with Gasteiger partial charge in [-0.25, -0.2) is 4.98 Å². The maximum atomic E-state index is 12.9. The Morgan fingerprint density at radius 1 is 1.16 bits per heavy atom. The molecule has 1 aromatic carbocycles. The van der Waals surface area contributed by atoms with Crippen LogP contribution < -0.4 is 11.1 Å². The molecule has 0 spiro atoms. The summed E-state index contributed by atoms with van der Waals surface area (Å²) >= 11 is 0. The number of hydrogen-bond donors (Lipinski definition) is 2. The molecule has 6 heteroatoms. The van der Waals surface area contributed by atoms with Crippen molar-refractivity contribution >= 4 is 17.5 Å². The SMILES string of the molecule is NC(=O)c1cccc(NC(=O)c2cccc(F)n2)c1. The number of benzene rings is 1. The number of nitrogens with zero attached hydrogens (tertiary/aromatic N) is 1. The number of primary amides is 1. The highest BCUT2D eigenvalue weighted by atomic mass is 19.1. The fourth-order valence-electron chi connectivity index (χ4n) is 1.48. The van der Waals surface area contributed by atoms with Crippen molar-refractivity contribution in [2.75, 3.05) is 5.32 Å². The lowest BCUT2D eigenvalue weighted by molar-refractivity contribution is 0.0995. The molecular formula is C13H10FN3O2. The number of carbonyl (C=O) groups excluding carboxylic acids is 2. The standard InChI is InChI=1S/C13H10FN3O2/c14-11-6-2-5-10(17-11)13(19)16-9-4-1-3-8(7-9)12(15)18/h1-7H,(H2,15,18)(H,16,19). The van der Waals surface area contributed by atoms with Gasteiger partial charge >= 0.3 is 0 Å². The van der Waals surface area contributed by atoms with E-state index in [4.69, 9.17) is 5.73 Å². The first-order valence-electron chi connectivity index (χ1n) is 5.40. The minimum absolute atomic E-state index is 0.0514. The molecule has 0 aliphatic carbocycles. The molecule has 0 saturated carbocycles. The second-order valence-corrected chi connectivity index (χ2v) is 3.74. The van der Waals surface area contributed by atoms with E-state index < -0.39 is 17.8 Å². The number of amides is 2. The summed E-state index contributed by atoms with van der Waals surface area (Å²) < 4.78 is 12.9. The minimum atomic E-state index is -0.737. The lowest BCUT2D eigenvalue weighted by Gasteiger charge is -2.05. The second kappa shape index (κ2) is 5.26. The predicted molar refractivity (Wildman–Crippen MR) is 67.1 cm³/mol. The van der Waals surface area contributed by atoms with E-state index in [0.29, 0.717) is 5.69 Å². The van der Waals surface area contributed by atoms with Crippen LogP contribution in [0.3, 0.4) is 0 Å². The summed E-state index contributed by atoms with van der Waals surface area (Å²) in [5.41, 5.74) is 5.73. The third-order valence-corrected chi connectivity index (χ3v) is 2.35. The number of pyridine rings is 1. The number of anilines is 1. The van der Waals surface area contributed by atoms with E-state index >= 15 is 0 Å². The average molecular weight is 259 g/mol. The van der Waals surface area contributed by atoms with Crippen LogP contribution in [0.25, 0.3) is 0 Å². The maximum absolute atomic E-state index is 12.9. The number of hydrogen-bond acceptors (Lipinski definition) is 3. The summed E-state index contributed by atoms with van der Waals surface area (Å²) in [6.45, 7) is 0. The van der Waals surface area contributed by atoms with Crippen molar-refractivity contribution in [3.8, 4) is 0 Å². The third-order valence-electron chi connectivity index (χ3n) is 2.35. The van der Waals surface area contributed by atoms with Gasteiger partial charge in [0.05, 0.1) is 0 Å². The molecule has 0 unspecified atom stereocenters. The Hall–Kier alpha value is -2.76. The number of rotatable bonds is 3. The maximum Gasteiger partial charge on any atom is 0.274 e. The summed E-state index contributed by atoms with van der Waals surface area (Å²) in [4.78, 5) is 26.2. The largest absolute Gasteiger partial charge is 0.366 e. The van der Waals surface area contributed by atoms with Crippen LogP contribution in [0.1, 0.15) is 20.8 Å². The van der Waals surface area contributed by atoms with Gasteiger partial charge in [0.25, 0.3) is 5.91 Å². The minimum Gasteiger partial charge on any atom is -0.366 e. The molecule has 2 aromatic rings. The van der Waals surface area contributed by atoms with Gasteiger partial charge in [0, 0.05) is 11.3 Å². The molecule has 0 bridgehead atoms. The van der Waals surface area contributed by atoms with Crippen LogP contribution in [-0.4, -0.2) is 16.8 Å². The van der Waals surface area contributed by atoms with Crippen molar-refractivity contribution in [3.05, 3.63) is 59.7 Å². The fraction of sp³-hybridized carbons (Fsp3) is 0. The van der Waals surface area contributed by atoms with Crippen LogP contribution in [0, 0.1) is 5.95 Å². The Morgan fingerprint density at radius 2 is 1.89 bits per heavy atom. The molecule has 0 saturated heterocycles. The van der Waals surface area contributed by atoms with Crippen molar-refractivity contribution in [1.82, 2.24) is 4.98 Å². The van der Waals surface area contributed by atoms with E-state index in [-0.39, 0.29) is 11.3 Å². The van der Waals surface area contributed by atoms with Gasteiger partial charge in [-0.05, 0) is 30.3 Å². The monoisotopic (exact) mass is 259 g/mol. The third kappa shape index (κ3) is 3.12. The van der Waals surface area contributed by atoms with Crippen LogP contribution in [0.2, 0.25) is 0 Å². The smallest absolute Gasteiger partial charge is 0.274 e. The Morgan fingerprint density at radius 3 is 2.58 bits per heavy atom. The summed E-state index contributed by atoms with van der Waals surface area (Å²) in [5.74, 6) is -1.90. The van der Waals surface area contributed by atoms with Crippen LogP contribution >= 0.6 is 0 Å². The quantitative estimate of drug-likeness (QED) is 0.820. The molecule has 0 aliphatic rings. The van der Waals surface area contributed by atoms with E-state index in [1.54, 1.807) is 12.1 Å². The highest BCUT2D eigenvalue weighted by Gasteiger charge is 2.09. The lowest BCUT2D eigenvalue weighted by Crippen LogP contribution is -2.15. The number of nitrogens with one attached hydrogen (secondary N) is 1. The van der Waals surface area contributed by atoms with E-state index in [9.17, 15) is 14.0 Å². The molecule has 1 aromatic heterocycles. The zero-order valence-electron chi connectivity index (χ0n) is 9.76. The van der Waals surface area contributed by atoms with Crippen molar-refractivity contribution in [2.24, 2.45) is 5.73 Å². The van der Waals surface area contributed by atoms with Crippen LogP contribution in [0.4, 0.5) is 10.1 Å². The van der Waals surface area contributed by atoms with E-state index in [1.165, 1.54) is 24.3 Å². The van der Waals surface area contributed by atoms with Crippen molar-refractivity contribution in [2.45, 2.75) is 0 Å². The molecule has 0 radical (unpaired) electrons. The van der Waals surface area contributed by atoms with Crippen LogP contribution in [0.5, 0.6) is 0 Å². The van der Waals surface area contributed by atoms with Gasteiger partial charge in [0.2, 0.25) is 11.9 Å². The van der Waals surface area contributed by atoms with Crippen molar-refractivity contribution < 1.29 is 14.0 Å². The number of aromatic nitrogens is 1. The topological polar surface area (TPSA) is 85.1 Å². The van der Waals surface area contributed by atoms with Crippen LogP contribution in [0.15, 0.2) is 42.5 Å². The van der Waals surface area contributed by atoms with Gasteiger partial charge in [0.15, 0.2) is 0 Å². The van der Waals surface area contributed by atoms with Crippen molar-refractivity contribution in [1.29, 1.82) is 0 Å². The van der Waals surface area contributed by atoms with Gasteiger partial charge in [0.1, 0.15) is 5.69 Å². The molecule has 0 atom stereocenters. The zero-order valence-corrected chi connectivity index (χ0v) is 9.76. The highest BCUT2D eigenvalue weighted by molar-refractivity contribution is 6.03. The van der Waals surface area contributed by atoms with Crippen molar-refractivity contribution in [3.63, 3.8) is 0 Å². The normalized spacial score (nSPS) is 9.95. The Balaban J connectivity index is 2.19. The molecular weight excluding hydrogens is 249 g/mol. The first-order chi connectivity index (χ1) is 9.06. The van der Waals surface area contributed by atoms with Gasteiger partial charge in [-0.3, -0.25) is 9.59 Å². The Bertz CT molecular complexity index is 643. The molecule has 2 amide bonds. The molecule has 1 heterocycles. The number of nitrogens with two attached hydrogens (primary N) is 1. The Labute approximate surface area is 108 Å². The Kier molecular flexibility index (Phi) is 3.51. The van der Waals surface area contributed by atoms with E-state index in [2.05, 4.69) is 10.3 Å².